The Labute approximate surface area is 206 Å². The highest BCUT2D eigenvalue weighted by molar-refractivity contribution is 7.89. The van der Waals surface area contributed by atoms with E-state index in [1.165, 1.54) is 23.4 Å². The van der Waals surface area contributed by atoms with Crippen molar-refractivity contribution < 1.29 is 18.0 Å². The number of carbonyl (C=O) groups excluding carboxylic acids is 2. The molecule has 1 saturated carbocycles. The van der Waals surface area contributed by atoms with Gasteiger partial charge < -0.3 is 14.8 Å². The van der Waals surface area contributed by atoms with E-state index < -0.39 is 10.0 Å². The van der Waals surface area contributed by atoms with Gasteiger partial charge in [0.25, 0.3) is 0 Å². The van der Waals surface area contributed by atoms with Gasteiger partial charge in [-0.15, -0.1) is 0 Å². The molecule has 0 radical (unpaired) electrons. The van der Waals surface area contributed by atoms with E-state index in [2.05, 4.69) is 5.32 Å². The second-order valence-corrected chi connectivity index (χ2v) is 10.7. The largest absolute Gasteiger partial charge is 0.353 e. The minimum absolute atomic E-state index is 0.100. The highest BCUT2D eigenvalue weighted by atomic mass is 32.2. The Hall–Kier alpha value is -3.43. The molecule has 0 saturated heterocycles. The summed E-state index contributed by atoms with van der Waals surface area (Å²) in [6.45, 7) is 1.93. The number of sulfonamides is 1. The number of anilines is 1. The van der Waals surface area contributed by atoms with E-state index in [-0.39, 0.29) is 29.3 Å². The fourth-order valence-electron chi connectivity index (χ4n) is 3.95. The molecule has 1 N–H and O–H groups in total. The van der Waals surface area contributed by atoms with Crippen molar-refractivity contribution in [2.24, 2.45) is 7.05 Å². The zero-order valence-electron chi connectivity index (χ0n) is 19.9. The first-order valence-corrected chi connectivity index (χ1v) is 13.0. The Kier molecular flexibility index (Phi) is 7.37. The number of aryl methyl sites for hydroxylation is 1. The first kappa shape index (κ1) is 24.7. The molecule has 1 fully saturated rings. The van der Waals surface area contributed by atoms with Crippen LogP contribution in [-0.2, 0) is 39.7 Å². The van der Waals surface area contributed by atoms with Crippen LogP contribution in [0.1, 0.15) is 31.0 Å². The first-order valence-electron chi connectivity index (χ1n) is 11.6. The molecule has 0 unspecified atom stereocenters. The number of nitrogens with one attached hydrogen (secondary N) is 1. The van der Waals surface area contributed by atoms with Gasteiger partial charge in [-0.25, -0.2) is 8.42 Å². The highest BCUT2D eigenvalue weighted by Crippen LogP contribution is 2.32. The molecule has 1 aromatic heterocycles. The van der Waals surface area contributed by atoms with Crippen molar-refractivity contribution in [1.82, 2.24) is 13.8 Å². The van der Waals surface area contributed by atoms with Crippen molar-refractivity contribution in [1.29, 1.82) is 0 Å². The average molecular weight is 495 g/mol. The number of hydrogen-bond acceptors (Lipinski definition) is 4. The molecule has 1 aliphatic carbocycles. The fourth-order valence-corrected chi connectivity index (χ4v) is 5.58. The van der Waals surface area contributed by atoms with Crippen LogP contribution in [0, 0.1) is 0 Å². The van der Waals surface area contributed by atoms with Crippen molar-refractivity contribution in [2.75, 3.05) is 11.9 Å². The Morgan fingerprint density at radius 3 is 2.23 bits per heavy atom. The number of hydrogen-bond donors (Lipinski definition) is 1. The minimum atomic E-state index is -3.89. The van der Waals surface area contributed by atoms with Gasteiger partial charge in [0.1, 0.15) is 0 Å². The van der Waals surface area contributed by atoms with E-state index in [1.807, 2.05) is 60.3 Å². The Balaban J connectivity index is 1.56. The lowest BCUT2D eigenvalue weighted by Gasteiger charge is -2.28. The second-order valence-electron chi connectivity index (χ2n) is 8.83. The number of benzene rings is 2. The van der Waals surface area contributed by atoms with Crippen molar-refractivity contribution in [2.45, 2.75) is 43.8 Å². The number of aromatic nitrogens is 1. The smallest absolute Gasteiger partial charge is 0.243 e. The van der Waals surface area contributed by atoms with Crippen LogP contribution in [0.3, 0.4) is 0 Å². The predicted octanol–water partition coefficient (Wildman–Crippen LogP) is 3.37. The first-order chi connectivity index (χ1) is 16.7. The summed E-state index contributed by atoms with van der Waals surface area (Å²) in [5.74, 6) is -0.483. The third-order valence-electron chi connectivity index (χ3n) is 6.00. The van der Waals surface area contributed by atoms with E-state index in [1.54, 1.807) is 17.0 Å². The van der Waals surface area contributed by atoms with Gasteiger partial charge in [-0.1, -0.05) is 30.3 Å². The van der Waals surface area contributed by atoms with E-state index in [0.717, 1.165) is 24.1 Å². The molecule has 184 valence electrons. The lowest BCUT2D eigenvalue weighted by atomic mass is 10.2. The predicted molar refractivity (Wildman–Crippen MR) is 134 cm³/mol. The summed E-state index contributed by atoms with van der Waals surface area (Å²) in [5, 5.41) is 2.63. The molecule has 0 spiro atoms. The summed E-state index contributed by atoms with van der Waals surface area (Å²) < 4.78 is 30.3. The van der Waals surface area contributed by atoms with Crippen LogP contribution in [0.15, 0.2) is 77.8 Å². The molecule has 4 rings (SSSR count). The summed E-state index contributed by atoms with van der Waals surface area (Å²) in [6, 6.07) is 19.4. The lowest BCUT2D eigenvalue weighted by Crippen LogP contribution is -2.43. The molecule has 9 heteroatoms. The molecule has 2 amide bonds. The van der Waals surface area contributed by atoms with Gasteiger partial charge in [0.2, 0.25) is 21.8 Å². The van der Waals surface area contributed by atoms with E-state index in [0.29, 0.717) is 18.8 Å². The summed E-state index contributed by atoms with van der Waals surface area (Å²) >= 11 is 0. The number of carbonyl (C=O) groups is 2. The van der Waals surface area contributed by atoms with Crippen molar-refractivity contribution in [3.8, 4) is 0 Å². The summed E-state index contributed by atoms with van der Waals surface area (Å²) in [5.41, 5.74) is 2.45. The van der Waals surface area contributed by atoms with Gasteiger partial charge in [0.05, 0.1) is 18.0 Å². The maximum Gasteiger partial charge on any atom is 0.243 e. The minimum Gasteiger partial charge on any atom is -0.353 e. The van der Waals surface area contributed by atoms with Crippen LogP contribution in [0.5, 0.6) is 0 Å². The molecule has 0 bridgehead atoms. The third kappa shape index (κ3) is 6.17. The lowest BCUT2D eigenvalue weighted by molar-refractivity contribution is -0.132. The van der Waals surface area contributed by atoms with Gasteiger partial charge in [0.15, 0.2) is 0 Å². The number of nitrogens with zero attached hydrogens (tertiary/aromatic N) is 3. The fraction of sp³-hybridized carbons (Fsp3) is 0.308. The molecule has 8 nitrogen and oxygen atoms in total. The van der Waals surface area contributed by atoms with Crippen molar-refractivity contribution >= 4 is 27.5 Å². The summed E-state index contributed by atoms with van der Waals surface area (Å²) in [4.78, 5) is 26.6. The van der Waals surface area contributed by atoms with Gasteiger partial charge in [-0.2, -0.15) is 4.31 Å². The molecule has 3 aromatic rings. The van der Waals surface area contributed by atoms with Gasteiger partial charge in [-0.3, -0.25) is 9.59 Å². The molecule has 0 aliphatic heterocycles. The topological polar surface area (TPSA) is 91.7 Å². The monoisotopic (exact) mass is 494 g/mol. The van der Waals surface area contributed by atoms with E-state index in [9.17, 15) is 18.0 Å². The second kappa shape index (κ2) is 10.5. The SMILES string of the molecule is CC(=O)Nc1ccc(S(=O)(=O)N(CC(=O)N(Cc2ccccc2)Cc2cccn2C)C2CC2)cc1. The quantitative estimate of drug-likeness (QED) is 0.468. The van der Waals surface area contributed by atoms with E-state index >= 15 is 0 Å². The van der Waals surface area contributed by atoms with Crippen LogP contribution >= 0.6 is 0 Å². The van der Waals surface area contributed by atoms with Crippen LogP contribution in [0.25, 0.3) is 0 Å². The van der Waals surface area contributed by atoms with Crippen LogP contribution < -0.4 is 5.32 Å². The Morgan fingerprint density at radius 2 is 1.66 bits per heavy atom. The number of amides is 2. The zero-order chi connectivity index (χ0) is 25.0. The summed E-state index contributed by atoms with van der Waals surface area (Å²) in [7, 11) is -1.96. The van der Waals surface area contributed by atoms with Crippen molar-refractivity contribution in [3.05, 3.63) is 84.2 Å². The maximum atomic E-state index is 13.5. The highest BCUT2D eigenvalue weighted by Gasteiger charge is 2.40. The number of rotatable bonds is 10. The Morgan fingerprint density at radius 1 is 0.971 bits per heavy atom. The normalized spacial score (nSPS) is 13.6. The third-order valence-corrected chi connectivity index (χ3v) is 7.91. The molecule has 1 aliphatic rings. The van der Waals surface area contributed by atoms with Gasteiger partial charge >= 0.3 is 0 Å². The zero-order valence-corrected chi connectivity index (χ0v) is 20.7. The molecular weight excluding hydrogens is 464 g/mol. The summed E-state index contributed by atoms with van der Waals surface area (Å²) in [6.07, 6.45) is 3.38. The molecule has 0 atom stereocenters. The van der Waals surface area contributed by atoms with Gasteiger partial charge in [-0.05, 0) is 54.8 Å². The maximum absolute atomic E-state index is 13.5. The molecule has 1 heterocycles. The van der Waals surface area contributed by atoms with Crippen LogP contribution in [0.4, 0.5) is 5.69 Å². The van der Waals surface area contributed by atoms with E-state index in [4.69, 9.17) is 0 Å². The van der Waals surface area contributed by atoms with Gasteiger partial charge in [0, 0.05) is 44.1 Å². The standard InChI is InChI=1S/C26H30N4O4S/c1-20(31)27-22-10-14-25(15-11-22)35(33,34)30(23-12-13-23)19-26(32)29(17-21-7-4-3-5-8-21)18-24-9-6-16-28(24)2/h3-11,14-16,23H,12-13,17-19H2,1-2H3,(H,27,31). The Bertz CT molecular complexity index is 1280. The molecule has 35 heavy (non-hydrogen) atoms. The molecule has 2 aromatic carbocycles. The molecular formula is C26H30N4O4S. The van der Waals surface area contributed by atoms with Crippen LogP contribution in [-0.4, -0.2) is 46.6 Å². The van der Waals surface area contributed by atoms with Crippen molar-refractivity contribution in [3.63, 3.8) is 0 Å². The van der Waals surface area contributed by atoms with Crippen LogP contribution in [0.2, 0.25) is 0 Å². The average Bonchev–Trinajstić information content (AvgIpc) is 3.59.